The number of hydrogen-bond acceptors (Lipinski definition) is 2. The Balaban J connectivity index is 3.74. The van der Waals surface area contributed by atoms with Crippen LogP contribution in [0.1, 0.15) is 6.92 Å². The molecule has 0 bridgehead atoms. The molecule has 1 amide bonds. The van der Waals surface area contributed by atoms with E-state index in [0.717, 1.165) is 0 Å². The van der Waals surface area contributed by atoms with E-state index in [2.05, 4.69) is 5.92 Å². The van der Waals surface area contributed by atoms with Gasteiger partial charge in [-0.2, -0.15) is 13.2 Å². The van der Waals surface area contributed by atoms with E-state index >= 15 is 0 Å². The van der Waals surface area contributed by atoms with Gasteiger partial charge in [0, 0.05) is 12.7 Å². The van der Waals surface area contributed by atoms with Gasteiger partial charge in [-0.1, -0.05) is 5.92 Å². The van der Waals surface area contributed by atoms with Gasteiger partial charge in [-0.15, -0.1) is 0 Å². The zero-order chi connectivity index (χ0) is 10.3. The Morgan fingerprint density at radius 1 is 1.54 bits per heavy atom. The third-order valence-corrected chi connectivity index (χ3v) is 0.900. The maximum absolute atomic E-state index is 11.5. The zero-order valence-corrected chi connectivity index (χ0v) is 6.86. The number of carbonyl (C=O) groups excluding carboxylic acids is 1. The minimum absolute atomic E-state index is 0.00532. The van der Waals surface area contributed by atoms with Crippen molar-refractivity contribution in [2.24, 2.45) is 0 Å². The molecule has 0 aromatic rings. The lowest BCUT2D eigenvalue weighted by atomic mass is 10.6. The van der Waals surface area contributed by atoms with Crippen molar-refractivity contribution in [1.82, 2.24) is 5.32 Å². The van der Waals surface area contributed by atoms with Crippen LogP contribution in [-0.4, -0.2) is 25.3 Å². The fourth-order valence-corrected chi connectivity index (χ4v) is 0.361. The zero-order valence-electron chi connectivity index (χ0n) is 6.86. The molecular weight excluding hydrogens is 187 g/mol. The summed E-state index contributed by atoms with van der Waals surface area (Å²) in [6.07, 6.45) is -4.89. The number of amides is 1. The highest BCUT2D eigenvalue weighted by Crippen LogP contribution is 2.13. The first kappa shape index (κ1) is 11.8. The fourth-order valence-electron chi connectivity index (χ4n) is 0.361. The van der Waals surface area contributed by atoms with E-state index in [9.17, 15) is 18.0 Å². The van der Waals surface area contributed by atoms with Crippen LogP contribution in [-0.2, 0) is 9.53 Å². The van der Waals surface area contributed by atoms with Crippen LogP contribution >= 0.6 is 0 Å². The standard InChI is InChI=1S/C7H8F3NO2/c1-2-13-5-3-4-11-6(12)7(8,9)10/h2,5H2,1H3,(H,11,12). The lowest BCUT2D eigenvalue weighted by Gasteiger charge is -2.00. The first-order valence-electron chi connectivity index (χ1n) is 3.41. The summed E-state index contributed by atoms with van der Waals surface area (Å²) < 4.78 is 39.2. The van der Waals surface area contributed by atoms with Crippen LogP contribution in [0.25, 0.3) is 0 Å². The molecule has 0 aliphatic rings. The maximum atomic E-state index is 11.5. The molecule has 3 nitrogen and oxygen atoms in total. The SMILES string of the molecule is CCOCC#CNC(=O)C(F)(F)F. The summed E-state index contributed by atoms with van der Waals surface area (Å²) in [5.41, 5.74) is 0. The normalized spacial score (nSPS) is 10.2. The molecule has 6 heteroatoms. The molecule has 0 aliphatic carbocycles. The summed E-state index contributed by atoms with van der Waals surface area (Å²) in [4.78, 5) is 10.1. The lowest BCUT2D eigenvalue weighted by molar-refractivity contribution is -0.172. The van der Waals surface area contributed by atoms with Gasteiger partial charge in [0.05, 0.1) is 0 Å². The number of carbonyl (C=O) groups is 1. The van der Waals surface area contributed by atoms with Gasteiger partial charge in [-0.3, -0.25) is 10.1 Å². The van der Waals surface area contributed by atoms with E-state index < -0.39 is 12.1 Å². The van der Waals surface area contributed by atoms with Crippen molar-refractivity contribution in [2.75, 3.05) is 13.2 Å². The summed E-state index contributed by atoms with van der Waals surface area (Å²) in [5.74, 6) is 0.112. The van der Waals surface area contributed by atoms with Crippen molar-refractivity contribution in [3.8, 4) is 12.0 Å². The Hall–Kier alpha value is -1.22. The van der Waals surface area contributed by atoms with Crippen molar-refractivity contribution in [3.63, 3.8) is 0 Å². The van der Waals surface area contributed by atoms with Crippen LogP contribution in [0.5, 0.6) is 0 Å². The number of halogens is 3. The van der Waals surface area contributed by atoms with E-state index in [1.165, 1.54) is 5.32 Å². The van der Waals surface area contributed by atoms with Crippen LogP contribution in [0.4, 0.5) is 13.2 Å². The van der Waals surface area contributed by atoms with E-state index in [-0.39, 0.29) is 6.61 Å². The third-order valence-electron chi connectivity index (χ3n) is 0.900. The molecule has 0 saturated carbocycles. The Morgan fingerprint density at radius 3 is 2.62 bits per heavy atom. The van der Waals surface area contributed by atoms with Crippen LogP contribution in [0.2, 0.25) is 0 Å². The summed E-state index contributed by atoms with van der Waals surface area (Å²) in [5, 5.41) is 1.38. The fraction of sp³-hybridized carbons (Fsp3) is 0.571. The van der Waals surface area contributed by atoms with E-state index in [0.29, 0.717) is 6.61 Å². The van der Waals surface area contributed by atoms with Gasteiger partial charge in [0.2, 0.25) is 0 Å². The lowest BCUT2D eigenvalue weighted by Crippen LogP contribution is -2.33. The van der Waals surface area contributed by atoms with Gasteiger partial charge in [-0.25, -0.2) is 0 Å². The monoisotopic (exact) mass is 195 g/mol. The van der Waals surface area contributed by atoms with Gasteiger partial charge < -0.3 is 4.74 Å². The largest absolute Gasteiger partial charge is 0.472 e. The highest BCUT2D eigenvalue weighted by molar-refractivity contribution is 5.83. The van der Waals surface area contributed by atoms with E-state index in [1.54, 1.807) is 6.92 Å². The molecule has 0 fully saturated rings. The minimum Gasteiger partial charge on any atom is -0.369 e. The second-order valence-electron chi connectivity index (χ2n) is 1.89. The Bertz CT molecular complexity index is 226. The minimum atomic E-state index is -4.89. The van der Waals surface area contributed by atoms with Crippen molar-refractivity contribution < 1.29 is 22.7 Å². The molecule has 0 aliphatic heterocycles. The quantitative estimate of drug-likeness (QED) is 0.399. The van der Waals surface area contributed by atoms with Crippen molar-refractivity contribution >= 4 is 5.91 Å². The van der Waals surface area contributed by atoms with Gasteiger partial charge in [0.25, 0.3) is 0 Å². The summed E-state index contributed by atoms with van der Waals surface area (Å²) in [7, 11) is 0. The predicted molar refractivity (Wildman–Crippen MR) is 38.5 cm³/mol. The number of nitrogens with one attached hydrogen (secondary N) is 1. The molecular formula is C7H8F3NO2. The van der Waals surface area contributed by atoms with Crippen molar-refractivity contribution in [2.45, 2.75) is 13.1 Å². The molecule has 0 saturated heterocycles. The number of ether oxygens (including phenoxy) is 1. The number of hydrogen-bond donors (Lipinski definition) is 1. The van der Waals surface area contributed by atoms with Crippen molar-refractivity contribution in [1.29, 1.82) is 0 Å². The van der Waals surface area contributed by atoms with E-state index in [1.807, 2.05) is 6.04 Å². The van der Waals surface area contributed by atoms with Crippen LogP contribution in [0, 0.1) is 12.0 Å². The molecule has 74 valence electrons. The topological polar surface area (TPSA) is 38.3 Å². The van der Waals surface area contributed by atoms with Gasteiger partial charge in [0.15, 0.2) is 0 Å². The number of rotatable bonds is 2. The van der Waals surface area contributed by atoms with Gasteiger partial charge in [-0.05, 0) is 6.92 Å². The highest BCUT2D eigenvalue weighted by atomic mass is 19.4. The summed E-state index contributed by atoms with van der Waals surface area (Å²) >= 11 is 0. The first-order chi connectivity index (χ1) is 5.98. The Kier molecular flexibility index (Phi) is 4.92. The maximum Gasteiger partial charge on any atom is 0.472 e. The number of alkyl halides is 3. The molecule has 0 unspecified atom stereocenters. The molecule has 0 heterocycles. The van der Waals surface area contributed by atoms with Crippen LogP contribution < -0.4 is 5.32 Å². The predicted octanol–water partition coefficient (Wildman–Crippen LogP) is 0.662. The third kappa shape index (κ3) is 5.99. The van der Waals surface area contributed by atoms with Crippen LogP contribution in [0.3, 0.4) is 0 Å². The molecule has 0 rings (SSSR count). The summed E-state index contributed by atoms with van der Waals surface area (Å²) in [6.45, 7) is 2.13. The molecule has 13 heavy (non-hydrogen) atoms. The molecule has 0 atom stereocenters. The molecule has 0 aromatic heterocycles. The average molecular weight is 195 g/mol. The van der Waals surface area contributed by atoms with Crippen molar-refractivity contribution in [3.05, 3.63) is 0 Å². The smallest absolute Gasteiger partial charge is 0.369 e. The van der Waals surface area contributed by atoms with Crippen LogP contribution in [0.15, 0.2) is 0 Å². The second kappa shape index (κ2) is 5.43. The first-order valence-corrected chi connectivity index (χ1v) is 3.41. The Labute approximate surface area is 73.2 Å². The highest BCUT2D eigenvalue weighted by Gasteiger charge is 2.38. The molecule has 1 N–H and O–H groups in total. The van der Waals surface area contributed by atoms with Gasteiger partial charge in [0.1, 0.15) is 6.61 Å². The summed E-state index contributed by atoms with van der Waals surface area (Å²) in [6, 6.07) is 1.83. The average Bonchev–Trinajstić information content (AvgIpc) is 2.02. The van der Waals surface area contributed by atoms with E-state index in [4.69, 9.17) is 4.74 Å². The van der Waals surface area contributed by atoms with Gasteiger partial charge >= 0.3 is 12.1 Å². The molecule has 0 aromatic carbocycles. The Morgan fingerprint density at radius 2 is 2.15 bits per heavy atom. The molecule has 0 spiro atoms. The molecule has 0 radical (unpaired) electrons. The second-order valence-corrected chi connectivity index (χ2v) is 1.89.